The Kier molecular flexibility index (Phi) is 5.07. The Morgan fingerprint density at radius 2 is 2.00 bits per heavy atom. The van der Waals surface area contributed by atoms with Crippen LogP contribution in [0.5, 0.6) is 0 Å². The smallest absolute Gasteiger partial charge is 0.257 e. The summed E-state index contributed by atoms with van der Waals surface area (Å²) in [5, 5.41) is 3.51. The van der Waals surface area contributed by atoms with Gasteiger partial charge in [-0.15, -0.1) is 0 Å². The van der Waals surface area contributed by atoms with Gasteiger partial charge in [0.1, 0.15) is 0 Å². The van der Waals surface area contributed by atoms with Crippen molar-refractivity contribution in [3.63, 3.8) is 0 Å². The molecule has 27 heavy (non-hydrogen) atoms. The van der Waals surface area contributed by atoms with Crippen molar-refractivity contribution in [2.24, 2.45) is 11.8 Å². The summed E-state index contributed by atoms with van der Waals surface area (Å²) in [6.07, 6.45) is 6.82. The van der Waals surface area contributed by atoms with Gasteiger partial charge in [0.15, 0.2) is 0 Å². The fraction of sp³-hybridized carbons (Fsp3) is 0.737. The molecule has 2 saturated carbocycles. The van der Waals surface area contributed by atoms with Crippen LogP contribution in [0.2, 0.25) is 0 Å². The van der Waals surface area contributed by atoms with E-state index in [9.17, 15) is 13.9 Å². The van der Waals surface area contributed by atoms with Gasteiger partial charge in [-0.1, -0.05) is 20.3 Å². The van der Waals surface area contributed by atoms with Crippen LogP contribution in [0.15, 0.2) is 6.20 Å². The fourth-order valence-electron chi connectivity index (χ4n) is 4.76. The molecule has 1 saturated heterocycles. The predicted octanol–water partition coefficient (Wildman–Crippen LogP) is 3.41. The summed E-state index contributed by atoms with van der Waals surface area (Å²) in [6.45, 7) is 4.80. The van der Waals surface area contributed by atoms with E-state index < -0.39 is 10.6 Å². The monoisotopic (exact) mass is 394 g/mol. The average molecular weight is 395 g/mol. The van der Waals surface area contributed by atoms with Crippen LogP contribution in [-0.2, 0) is 0 Å². The summed E-state index contributed by atoms with van der Waals surface area (Å²) >= 11 is 0. The van der Waals surface area contributed by atoms with Crippen molar-refractivity contribution in [2.75, 3.05) is 29.9 Å². The highest BCUT2D eigenvalue weighted by molar-refractivity contribution is 8.24. The molecule has 0 radical (unpaired) electrons. The molecule has 3 N–H and O–H groups in total. The number of hydrogen-bond donors (Lipinski definition) is 3. The summed E-state index contributed by atoms with van der Waals surface area (Å²) in [7, 11) is -2.52. The normalized spacial score (nSPS) is 30.6. The van der Waals surface area contributed by atoms with Crippen molar-refractivity contribution >= 4 is 22.4 Å². The van der Waals surface area contributed by atoms with E-state index in [-0.39, 0.29) is 23.3 Å². The number of aromatic nitrogens is 2. The minimum atomic E-state index is -2.52. The van der Waals surface area contributed by atoms with Crippen molar-refractivity contribution in [3.8, 4) is 0 Å². The van der Waals surface area contributed by atoms with E-state index in [1.165, 1.54) is 25.7 Å². The molecule has 1 amide bonds. The molecule has 1 aliphatic heterocycles. The second-order valence-corrected chi connectivity index (χ2v) is 11.0. The zero-order valence-corrected chi connectivity index (χ0v) is 16.9. The van der Waals surface area contributed by atoms with Gasteiger partial charge in [0.05, 0.1) is 22.8 Å². The Balaban J connectivity index is 1.50. The molecule has 2 bridgehead atoms. The average Bonchev–Trinajstić information content (AvgIpc) is 3.24. The molecule has 3 fully saturated rings. The highest BCUT2D eigenvalue weighted by Gasteiger charge is 2.40. The van der Waals surface area contributed by atoms with Crippen molar-refractivity contribution in [1.82, 2.24) is 14.9 Å². The van der Waals surface area contributed by atoms with Gasteiger partial charge in [-0.25, -0.2) is 9.97 Å². The molecule has 1 aromatic rings. The highest BCUT2D eigenvalue weighted by atomic mass is 32.3. The van der Waals surface area contributed by atoms with Crippen LogP contribution in [0.3, 0.4) is 0 Å². The molecule has 150 valence electrons. The van der Waals surface area contributed by atoms with Crippen LogP contribution in [0, 0.1) is 11.8 Å². The lowest BCUT2D eigenvalue weighted by Crippen LogP contribution is -2.42. The molecular weight excluding hydrogens is 364 g/mol. The Bertz CT molecular complexity index is 717. The SMILES string of the molecule is CC(C)c1nc(N[C@H]2C[C@H]3CC[C@H]2C3)ncc1C(=O)N1CCS(O)(O)CC1. The van der Waals surface area contributed by atoms with Gasteiger partial charge in [-0.2, -0.15) is 10.6 Å². The van der Waals surface area contributed by atoms with Gasteiger partial charge in [-0.3, -0.25) is 13.9 Å². The van der Waals surface area contributed by atoms with Crippen molar-refractivity contribution in [3.05, 3.63) is 17.5 Å². The molecule has 3 aliphatic rings. The third kappa shape index (κ3) is 3.93. The number of fused-ring (bicyclic) bond motifs is 2. The van der Waals surface area contributed by atoms with Crippen LogP contribution < -0.4 is 5.32 Å². The maximum Gasteiger partial charge on any atom is 0.257 e. The number of nitrogens with one attached hydrogen (secondary N) is 1. The van der Waals surface area contributed by atoms with E-state index in [0.717, 1.165) is 17.5 Å². The predicted molar refractivity (Wildman–Crippen MR) is 107 cm³/mol. The van der Waals surface area contributed by atoms with Gasteiger partial charge in [-0.05, 0) is 37.0 Å². The maximum absolute atomic E-state index is 13.0. The topological polar surface area (TPSA) is 98.6 Å². The third-order valence-electron chi connectivity index (χ3n) is 6.31. The van der Waals surface area contributed by atoms with Gasteiger partial charge in [0.2, 0.25) is 5.95 Å². The number of rotatable bonds is 4. The number of nitrogens with zero attached hydrogens (tertiary/aromatic N) is 3. The van der Waals surface area contributed by atoms with Crippen LogP contribution in [-0.4, -0.2) is 60.5 Å². The number of anilines is 1. The lowest BCUT2D eigenvalue weighted by atomic mass is 9.95. The fourth-order valence-corrected chi connectivity index (χ4v) is 5.99. The molecular formula is C19H30N4O3S. The molecule has 8 heteroatoms. The van der Waals surface area contributed by atoms with E-state index in [4.69, 9.17) is 4.98 Å². The summed E-state index contributed by atoms with van der Waals surface area (Å²) in [5.41, 5.74) is 1.29. The summed E-state index contributed by atoms with van der Waals surface area (Å²) in [5.74, 6) is 2.71. The summed E-state index contributed by atoms with van der Waals surface area (Å²) in [6, 6.07) is 0.456. The van der Waals surface area contributed by atoms with E-state index in [1.807, 2.05) is 13.8 Å². The lowest BCUT2D eigenvalue weighted by Gasteiger charge is -2.41. The molecule has 0 spiro atoms. The van der Waals surface area contributed by atoms with Crippen LogP contribution >= 0.6 is 10.6 Å². The van der Waals surface area contributed by atoms with E-state index in [0.29, 0.717) is 30.6 Å². The quantitative estimate of drug-likeness (QED) is 0.724. The Hall–Kier alpha value is -1.38. The van der Waals surface area contributed by atoms with Crippen molar-refractivity contribution in [2.45, 2.75) is 51.5 Å². The maximum atomic E-state index is 13.0. The first kappa shape index (κ1) is 19.0. The Morgan fingerprint density at radius 1 is 1.26 bits per heavy atom. The van der Waals surface area contributed by atoms with Gasteiger partial charge in [0.25, 0.3) is 5.91 Å². The molecule has 4 rings (SSSR count). The van der Waals surface area contributed by atoms with Crippen LogP contribution in [0.4, 0.5) is 5.95 Å². The zero-order chi connectivity index (χ0) is 19.2. The first-order chi connectivity index (χ1) is 12.8. The first-order valence-corrected chi connectivity index (χ1v) is 11.9. The van der Waals surface area contributed by atoms with Gasteiger partial charge in [0, 0.05) is 25.3 Å². The molecule has 7 nitrogen and oxygen atoms in total. The molecule has 2 aliphatic carbocycles. The number of amides is 1. The second kappa shape index (κ2) is 7.22. The van der Waals surface area contributed by atoms with Crippen molar-refractivity contribution < 1.29 is 13.9 Å². The lowest BCUT2D eigenvalue weighted by molar-refractivity contribution is 0.0765. The number of carbonyl (C=O) groups is 1. The highest BCUT2D eigenvalue weighted by Crippen LogP contribution is 2.45. The largest absolute Gasteiger partial charge is 0.351 e. The molecule has 0 aromatic carbocycles. The minimum absolute atomic E-state index is 0.109. The zero-order valence-electron chi connectivity index (χ0n) is 16.1. The summed E-state index contributed by atoms with van der Waals surface area (Å²) in [4.78, 5) is 23.8. The summed E-state index contributed by atoms with van der Waals surface area (Å²) < 4.78 is 19.5. The molecule has 2 heterocycles. The number of hydrogen-bond acceptors (Lipinski definition) is 6. The Morgan fingerprint density at radius 3 is 2.59 bits per heavy atom. The first-order valence-electron chi connectivity index (χ1n) is 9.99. The standard InChI is InChI=1S/C19H30N4O3S/c1-12(2)17-15(18(24)23-5-7-27(25,26)8-6-23)11-20-19(22-17)21-16-10-13-3-4-14(16)9-13/h11-14,16,25-26H,3-10H2,1-2H3,(H,20,21,22)/t13-,14-,16-/m0/s1. The van der Waals surface area contributed by atoms with Gasteiger partial charge < -0.3 is 10.2 Å². The number of carbonyl (C=O) groups excluding carboxylic acids is 1. The van der Waals surface area contributed by atoms with E-state index >= 15 is 0 Å². The third-order valence-corrected chi connectivity index (χ3v) is 7.98. The van der Waals surface area contributed by atoms with E-state index in [1.54, 1.807) is 11.1 Å². The van der Waals surface area contributed by atoms with Gasteiger partial charge >= 0.3 is 0 Å². The Labute approximate surface area is 162 Å². The van der Waals surface area contributed by atoms with E-state index in [2.05, 4.69) is 10.3 Å². The van der Waals surface area contributed by atoms with Crippen molar-refractivity contribution in [1.29, 1.82) is 0 Å². The molecule has 3 atom stereocenters. The second-order valence-electron chi connectivity index (χ2n) is 8.58. The molecule has 0 unspecified atom stereocenters. The minimum Gasteiger partial charge on any atom is -0.351 e. The van der Waals surface area contributed by atoms with Crippen LogP contribution in [0.25, 0.3) is 0 Å². The van der Waals surface area contributed by atoms with Crippen LogP contribution in [0.1, 0.15) is 61.5 Å². The molecule has 1 aromatic heterocycles.